The molecule has 1 nitrogen and oxygen atoms in total. The van der Waals surface area contributed by atoms with E-state index in [1.165, 1.54) is 24.8 Å². The third kappa shape index (κ3) is 4.78. The van der Waals surface area contributed by atoms with Gasteiger partial charge in [-0.1, -0.05) is 88.1 Å². The molecule has 0 aliphatic rings. The van der Waals surface area contributed by atoms with Gasteiger partial charge in [-0.3, -0.25) is 0 Å². The van der Waals surface area contributed by atoms with E-state index in [-0.39, 0.29) is 11.4 Å². The van der Waals surface area contributed by atoms with Crippen LogP contribution in [0, 0.1) is 10.5 Å². The minimum atomic E-state index is -0.269. The number of rotatable bonds is 9. The zero-order valence-electron chi connectivity index (χ0n) is 19.0. The fourth-order valence-electron chi connectivity index (χ4n) is 4.39. The van der Waals surface area contributed by atoms with E-state index in [0.717, 1.165) is 59.4 Å². The Morgan fingerprint density at radius 3 is 2.09 bits per heavy atom. The van der Waals surface area contributed by atoms with Crippen molar-refractivity contribution in [2.24, 2.45) is 0 Å². The van der Waals surface area contributed by atoms with Gasteiger partial charge in [0.15, 0.2) is 16.1 Å². The molecule has 0 amide bonds. The molecule has 0 aliphatic heterocycles. The van der Waals surface area contributed by atoms with Gasteiger partial charge in [-0.2, -0.15) is 0 Å². The Hall–Kier alpha value is -2.52. The summed E-state index contributed by atoms with van der Waals surface area (Å²) in [6.45, 7) is 4.38. The van der Waals surface area contributed by atoms with Gasteiger partial charge >= 0.3 is 0 Å². The molecule has 4 aromatic rings. The highest BCUT2D eigenvalue weighted by molar-refractivity contribution is 7.71. The van der Waals surface area contributed by atoms with Crippen LogP contribution in [0.5, 0.6) is 0 Å². The largest absolute Gasteiger partial charge is 0.441 e. The maximum atomic E-state index is 15.2. The minimum Gasteiger partial charge on any atom is -0.441 e. The van der Waals surface area contributed by atoms with Crippen LogP contribution >= 0.6 is 12.2 Å². The molecule has 0 fully saturated rings. The van der Waals surface area contributed by atoms with Gasteiger partial charge in [-0.15, -0.1) is 0 Å². The second-order valence-electron chi connectivity index (χ2n) is 8.68. The third-order valence-corrected chi connectivity index (χ3v) is 6.61. The van der Waals surface area contributed by atoms with Crippen molar-refractivity contribution in [3.63, 3.8) is 0 Å². The smallest absolute Gasteiger partial charge is 0.198 e. The molecule has 0 radical (unpaired) electrons. The van der Waals surface area contributed by atoms with Gasteiger partial charge in [0.1, 0.15) is 0 Å². The van der Waals surface area contributed by atoms with E-state index in [1.54, 1.807) is 0 Å². The first-order valence-electron chi connectivity index (χ1n) is 11.9. The molecule has 0 N–H and O–H groups in total. The molecule has 4 rings (SSSR count). The van der Waals surface area contributed by atoms with Crippen molar-refractivity contribution in [3.8, 4) is 11.1 Å². The second-order valence-corrected chi connectivity index (χ2v) is 9.05. The van der Waals surface area contributed by atoms with Gasteiger partial charge in [0, 0.05) is 10.8 Å². The summed E-state index contributed by atoms with van der Waals surface area (Å²) in [5.74, 6) is -0.269. The van der Waals surface area contributed by atoms with Gasteiger partial charge in [-0.25, -0.2) is 4.39 Å². The van der Waals surface area contributed by atoms with Crippen LogP contribution in [-0.4, -0.2) is 0 Å². The summed E-state index contributed by atoms with van der Waals surface area (Å²) < 4.78 is 21.4. The van der Waals surface area contributed by atoms with Crippen LogP contribution in [-0.2, 0) is 12.8 Å². The summed E-state index contributed by atoms with van der Waals surface area (Å²) in [5, 5.41) is 2.58. The maximum absolute atomic E-state index is 15.2. The third-order valence-electron chi connectivity index (χ3n) is 6.31. The first kappa shape index (κ1) is 22.7. The number of aryl methyl sites for hydroxylation is 2. The highest BCUT2D eigenvalue weighted by Crippen LogP contribution is 2.33. The second kappa shape index (κ2) is 10.4. The van der Waals surface area contributed by atoms with E-state index in [4.69, 9.17) is 16.6 Å². The van der Waals surface area contributed by atoms with E-state index in [1.807, 2.05) is 18.2 Å². The zero-order valence-corrected chi connectivity index (χ0v) is 19.9. The van der Waals surface area contributed by atoms with Crippen LogP contribution in [0.15, 0.2) is 59.0 Å². The number of hydrogen-bond acceptors (Lipinski definition) is 2. The van der Waals surface area contributed by atoms with E-state index in [2.05, 4.69) is 50.2 Å². The fraction of sp³-hybridized carbons (Fsp3) is 0.345. The van der Waals surface area contributed by atoms with E-state index in [9.17, 15) is 0 Å². The number of unbranched alkanes of at least 4 members (excludes halogenated alkanes) is 4. The average Bonchev–Trinajstić information content (AvgIpc) is 2.82. The Balaban J connectivity index is 1.68. The molecular formula is C29H31FOS. The first-order chi connectivity index (χ1) is 15.6. The topological polar surface area (TPSA) is 13.1 Å². The minimum absolute atomic E-state index is 0.269. The number of hydrogen-bond donors (Lipinski definition) is 0. The average molecular weight is 447 g/mol. The van der Waals surface area contributed by atoms with Crippen molar-refractivity contribution in [1.82, 2.24) is 0 Å². The van der Waals surface area contributed by atoms with Crippen LogP contribution in [0.2, 0.25) is 0 Å². The molecule has 166 valence electrons. The Kier molecular flexibility index (Phi) is 7.36. The maximum Gasteiger partial charge on any atom is 0.198 e. The Bertz CT molecular complexity index is 1270. The molecule has 0 bridgehead atoms. The molecule has 0 saturated carbocycles. The Labute approximate surface area is 195 Å². The summed E-state index contributed by atoms with van der Waals surface area (Å²) >= 11 is 5.55. The normalized spacial score (nSPS) is 11.5. The monoisotopic (exact) mass is 446 g/mol. The lowest BCUT2D eigenvalue weighted by Crippen LogP contribution is -1.93. The Morgan fingerprint density at radius 1 is 0.719 bits per heavy atom. The fourth-order valence-corrected chi connectivity index (χ4v) is 4.64. The van der Waals surface area contributed by atoms with Gasteiger partial charge in [0.2, 0.25) is 0 Å². The SMILES string of the molecule is CCCCCc1ccc(-c2ccc3c(c2)c(=S)oc2c(F)c(CCCCC)ccc23)cc1. The molecule has 32 heavy (non-hydrogen) atoms. The zero-order chi connectivity index (χ0) is 22.5. The lowest BCUT2D eigenvalue weighted by Gasteiger charge is -2.10. The van der Waals surface area contributed by atoms with Crippen LogP contribution in [0.4, 0.5) is 4.39 Å². The number of halogens is 1. The van der Waals surface area contributed by atoms with E-state index >= 15 is 4.39 Å². The lowest BCUT2D eigenvalue weighted by atomic mass is 9.97. The summed E-state index contributed by atoms with van der Waals surface area (Å²) in [5.41, 5.74) is 4.60. The van der Waals surface area contributed by atoms with E-state index in [0.29, 0.717) is 10.3 Å². The summed E-state index contributed by atoms with van der Waals surface area (Å²) in [4.78, 5) is 0. The molecule has 0 spiro atoms. The highest BCUT2D eigenvalue weighted by atomic mass is 32.1. The standard InChI is InChI=1S/C29H31FOS/c1-3-5-7-9-20-11-13-21(14-12-20)23-16-17-24-25-18-15-22(10-8-6-4-2)27(30)28(25)31-29(32)26(24)19-23/h11-19H,3-10H2,1-2H3. The van der Waals surface area contributed by atoms with Crippen molar-refractivity contribution in [2.45, 2.75) is 65.2 Å². The molecular weight excluding hydrogens is 415 g/mol. The lowest BCUT2D eigenvalue weighted by molar-refractivity contribution is 0.536. The van der Waals surface area contributed by atoms with Gasteiger partial charge in [-0.05, 0) is 71.6 Å². The van der Waals surface area contributed by atoms with Crippen molar-refractivity contribution < 1.29 is 8.81 Å². The molecule has 1 aromatic heterocycles. The van der Waals surface area contributed by atoms with Crippen molar-refractivity contribution in [1.29, 1.82) is 0 Å². The quantitative estimate of drug-likeness (QED) is 0.144. The molecule has 1 heterocycles. The van der Waals surface area contributed by atoms with Crippen LogP contribution in [0.3, 0.4) is 0 Å². The molecule has 0 saturated heterocycles. The van der Waals surface area contributed by atoms with E-state index < -0.39 is 0 Å². The van der Waals surface area contributed by atoms with Crippen LogP contribution < -0.4 is 0 Å². The van der Waals surface area contributed by atoms with Crippen molar-refractivity contribution >= 4 is 34.0 Å². The van der Waals surface area contributed by atoms with Crippen molar-refractivity contribution in [3.05, 3.63) is 76.2 Å². The number of benzene rings is 3. The summed E-state index contributed by atoms with van der Waals surface area (Å²) in [6.07, 6.45) is 8.78. The molecule has 3 aromatic carbocycles. The predicted molar refractivity (Wildman–Crippen MR) is 136 cm³/mol. The summed E-state index contributed by atoms with van der Waals surface area (Å²) in [6, 6.07) is 18.9. The molecule has 3 heteroatoms. The van der Waals surface area contributed by atoms with Gasteiger partial charge in [0.25, 0.3) is 0 Å². The van der Waals surface area contributed by atoms with Crippen LogP contribution in [0.25, 0.3) is 32.9 Å². The van der Waals surface area contributed by atoms with Gasteiger partial charge < -0.3 is 4.42 Å². The highest BCUT2D eigenvalue weighted by Gasteiger charge is 2.14. The molecule has 0 aliphatic carbocycles. The number of fused-ring (bicyclic) bond motifs is 3. The predicted octanol–water partition coefficient (Wildman–Crippen LogP) is 9.59. The Morgan fingerprint density at radius 2 is 1.38 bits per heavy atom. The van der Waals surface area contributed by atoms with Gasteiger partial charge in [0.05, 0.1) is 0 Å². The van der Waals surface area contributed by atoms with Crippen LogP contribution in [0.1, 0.15) is 63.5 Å². The first-order valence-corrected chi connectivity index (χ1v) is 12.3. The molecule has 0 unspecified atom stereocenters. The van der Waals surface area contributed by atoms with Crippen molar-refractivity contribution in [2.75, 3.05) is 0 Å². The summed E-state index contributed by atoms with van der Waals surface area (Å²) in [7, 11) is 0. The molecule has 0 atom stereocenters.